The minimum absolute atomic E-state index is 0.0434. The van der Waals surface area contributed by atoms with Crippen LogP contribution in [-0.4, -0.2) is 59.4 Å². The van der Waals surface area contributed by atoms with E-state index in [4.69, 9.17) is 18.3 Å². The molecule has 0 bridgehead atoms. The Kier molecular flexibility index (Phi) is 13.3. The van der Waals surface area contributed by atoms with Crippen molar-refractivity contribution in [2.45, 2.75) is 131 Å². The number of hydrogen-bond donors (Lipinski definition) is 1. The predicted octanol–water partition coefficient (Wildman–Crippen LogP) is 8.33. The number of methoxy groups -OCH3 is 1. The molecule has 0 aliphatic carbocycles. The van der Waals surface area contributed by atoms with Crippen molar-refractivity contribution in [2.24, 2.45) is 17.3 Å². The fraction of sp³-hybridized carbons (Fsp3) is 0.758. The van der Waals surface area contributed by atoms with Crippen molar-refractivity contribution in [1.82, 2.24) is 0 Å². The molecule has 1 N–H and O–H groups in total. The van der Waals surface area contributed by atoms with Crippen molar-refractivity contribution in [3.63, 3.8) is 0 Å². The quantitative estimate of drug-likeness (QED) is 0.185. The summed E-state index contributed by atoms with van der Waals surface area (Å²) in [6, 6.07) is 7.78. The number of carboxylic acids is 1. The summed E-state index contributed by atoms with van der Waals surface area (Å²) in [6.45, 7) is 30.0. The van der Waals surface area contributed by atoms with Gasteiger partial charge in [0.15, 0.2) is 16.6 Å². The first-order valence-corrected chi connectivity index (χ1v) is 21.0. The summed E-state index contributed by atoms with van der Waals surface area (Å²) in [4.78, 5) is 26.4. The van der Waals surface area contributed by atoms with Gasteiger partial charge in [0, 0.05) is 17.3 Å². The molecular weight excluding hydrogens is 565 g/mol. The zero-order valence-electron chi connectivity index (χ0n) is 29.1. The minimum Gasteiger partial charge on any atom is -0.497 e. The van der Waals surface area contributed by atoms with Crippen molar-refractivity contribution < 1.29 is 33.0 Å². The number of carboxylic acid groups (broad SMARTS) is 1. The Morgan fingerprint density at radius 1 is 0.833 bits per heavy atom. The molecule has 0 saturated carbocycles. The maximum absolute atomic E-state index is 14.4. The third-order valence-electron chi connectivity index (χ3n) is 9.56. The molecule has 0 heterocycles. The summed E-state index contributed by atoms with van der Waals surface area (Å²) in [5.41, 5.74) is 0.000819. The van der Waals surface area contributed by atoms with Crippen LogP contribution in [0.2, 0.25) is 36.3 Å². The fourth-order valence-corrected chi connectivity index (χ4v) is 7.35. The summed E-state index contributed by atoms with van der Waals surface area (Å²) in [6.07, 6.45) is -1.38. The normalized spacial score (nSPS) is 16.5. The molecule has 4 atom stereocenters. The maximum atomic E-state index is 14.4. The standard InChI is InChI=1S/C33H60O7Si2/c1-23(21-38-22-25-16-18-26(37-11)19-17-25)29(40-42(14,15)32(6,7)8)24(2)30(36)33(9,10)27(20-28(34)35)39-41(12,13)31(3,4)5/h16-19,23-24,27,29H,20-22H2,1-15H3,(H,34,35)/t23-,24+,27-,29-/m0/s1. The highest BCUT2D eigenvalue weighted by Crippen LogP contribution is 2.43. The van der Waals surface area contributed by atoms with E-state index < -0.39 is 46.1 Å². The summed E-state index contributed by atoms with van der Waals surface area (Å²) >= 11 is 0. The molecule has 0 spiro atoms. The second-order valence-electron chi connectivity index (χ2n) is 15.5. The average Bonchev–Trinajstić information content (AvgIpc) is 2.84. The lowest BCUT2D eigenvalue weighted by Crippen LogP contribution is -2.54. The van der Waals surface area contributed by atoms with E-state index in [1.807, 2.05) is 45.0 Å². The van der Waals surface area contributed by atoms with Crippen molar-refractivity contribution in [2.75, 3.05) is 13.7 Å². The lowest BCUT2D eigenvalue weighted by molar-refractivity contribution is -0.146. The third kappa shape index (κ3) is 10.3. The number of carbonyl (C=O) groups excluding carboxylic acids is 1. The molecule has 242 valence electrons. The summed E-state index contributed by atoms with van der Waals surface area (Å²) in [7, 11) is -2.99. The van der Waals surface area contributed by atoms with Crippen LogP contribution in [0.15, 0.2) is 24.3 Å². The number of ether oxygens (including phenoxy) is 2. The molecule has 9 heteroatoms. The van der Waals surface area contributed by atoms with Gasteiger partial charge in [0.05, 0.1) is 39.0 Å². The van der Waals surface area contributed by atoms with Crippen LogP contribution in [0.4, 0.5) is 0 Å². The van der Waals surface area contributed by atoms with Crippen LogP contribution in [-0.2, 0) is 29.8 Å². The molecule has 42 heavy (non-hydrogen) atoms. The minimum atomic E-state index is -2.36. The number of benzene rings is 1. The second kappa shape index (κ2) is 14.5. The second-order valence-corrected chi connectivity index (χ2v) is 25.0. The van der Waals surface area contributed by atoms with Crippen molar-refractivity contribution >= 4 is 28.4 Å². The number of Topliss-reactive ketones (excluding diaryl/α,β-unsaturated/α-hetero) is 1. The molecule has 0 fully saturated rings. The van der Waals surface area contributed by atoms with Gasteiger partial charge in [0.2, 0.25) is 0 Å². The van der Waals surface area contributed by atoms with Gasteiger partial charge in [-0.1, -0.05) is 81.4 Å². The van der Waals surface area contributed by atoms with Gasteiger partial charge in [-0.25, -0.2) is 0 Å². The molecule has 0 aromatic heterocycles. The zero-order chi connectivity index (χ0) is 32.9. The number of aliphatic carboxylic acids is 1. The van der Waals surface area contributed by atoms with E-state index in [-0.39, 0.29) is 28.2 Å². The average molecular weight is 625 g/mol. The van der Waals surface area contributed by atoms with Crippen LogP contribution in [0.5, 0.6) is 5.75 Å². The van der Waals surface area contributed by atoms with Gasteiger partial charge in [-0.3, -0.25) is 9.59 Å². The molecule has 1 aromatic carbocycles. The highest BCUT2D eigenvalue weighted by atomic mass is 28.4. The van der Waals surface area contributed by atoms with Crippen LogP contribution in [0.3, 0.4) is 0 Å². The van der Waals surface area contributed by atoms with E-state index in [1.165, 1.54) is 0 Å². The molecular formula is C33H60O7Si2. The molecule has 7 nitrogen and oxygen atoms in total. The highest BCUT2D eigenvalue weighted by molar-refractivity contribution is 6.74. The Bertz CT molecular complexity index is 1020. The zero-order valence-corrected chi connectivity index (χ0v) is 31.1. The number of carbonyl (C=O) groups is 2. The van der Waals surface area contributed by atoms with E-state index in [0.29, 0.717) is 13.2 Å². The van der Waals surface area contributed by atoms with Crippen LogP contribution in [0, 0.1) is 17.3 Å². The van der Waals surface area contributed by atoms with E-state index >= 15 is 0 Å². The van der Waals surface area contributed by atoms with Crippen molar-refractivity contribution in [3.05, 3.63) is 29.8 Å². The molecule has 0 saturated heterocycles. The number of ketones is 1. The van der Waals surface area contributed by atoms with Gasteiger partial charge in [-0.2, -0.15) is 0 Å². The Morgan fingerprint density at radius 2 is 1.31 bits per heavy atom. The smallest absolute Gasteiger partial charge is 0.305 e. The molecule has 0 amide bonds. The lowest BCUT2D eigenvalue weighted by Gasteiger charge is -2.46. The molecule has 1 aromatic rings. The van der Waals surface area contributed by atoms with Gasteiger partial charge in [0.1, 0.15) is 11.5 Å². The van der Waals surface area contributed by atoms with Crippen LogP contribution in [0.25, 0.3) is 0 Å². The van der Waals surface area contributed by atoms with Crippen molar-refractivity contribution in [3.8, 4) is 5.75 Å². The van der Waals surface area contributed by atoms with E-state index in [9.17, 15) is 14.7 Å². The van der Waals surface area contributed by atoms with Gasteiger partial charge in [-0.05, 0) is 54.0 Å². The van der Waals surface area contributed by atoms with E-state index in [1.54, 1.807) is 7.11 Å². The Labute approximate surface area is 258 Å². The molecule has 1 rings (SSSR count). The van der Waals surface area contributed by atoms with Crippen LogP contribution >= 0.6 is 0 Å². The van der Waals surface area contributed by atoms with Crippen LogP contribution < -0.4 is 4.74 Å². The summed E-state index contributed by atoms with van der Waals surface area (Å²) in [5, 5.41) is 9.63. The lowest BCUT2D eigenvalue weighted by atomic mass is 9.73. The number of hydrogen-bond acceptors (Lipinski definition) is 6. The summed E-state index contributed by atoms with van der Waals surface area (Å²) in [5.74, 6) is -0.789. The predicted molar refractivity (Wildman–Crippen MR) is 176 cm³/mol. The molecule has 0 aliphatic heterocycles. The first kappa shape index (κ1) is 38.5. The Balaban J connectivity index is 3.32. The maximum Gasteiger partial charge on any atom is 0.305 e. The molecule has 0 unspecified atom stereocenters. The third-order valence-corrected chi connectivity index (χ3v) is 18.5. The number of rotatable bonds is 16. The van der Waals surface area contributed by atoms with Crippen LogP contribution in [0.1, 0.15) is 81.2 Å². The first-order valence-electron chi connectivity index (χ1n) is 15.2. The van der Waals surface area contributed by atoms with E-state index in [2.05, 4.69) is 74.7 Å². The first-order chi connectivity index (χ1) is 18.9. The van der Waals surface area contributed by atoms with Gasteiger partial charge < -0.3 is 23.4 Å². The van der Waals surface area contributed by atoms with Gasteiger partial charge in [0.25, 0.3) is 0 Å². The SMILES string of the molecule is COc1ccc(COC[C@H](C)[C@H](O[Si](C)(C)C(C)(C)C)[C@@H](C)C(=O)C(C)(C)[C@H](CC(=O)O)O[Si](C)(C)C(C)(C)C)cc1. The van der Waals surface area contributed by atoms with E-state index in [0.717, 1.165) is 11.3 Å². The van der Waals surface area contributed by atoms with Crippen molar-refractivity contribution in [1.29, 1.82) is 0 Å². The monoisotopic (exact) mass is 624 g/mol. The topological polar surface area (TPSA) is 91.3 Å². The molecule has 0 radical (unpaired) electrons. The van der Waals surface area contributed by atoms with Gasteiger partial charge in [-0.15, -0.1) is 0 Å². The largest absolute Gasteiger partial charge is 0.497 e. The Hall–Kier alpha value is -1.53. The van der Waals surface area contributed by atoms with Gasteiger partial charge >= 0.3 is 5.97 Å². The molecule has 0 aliphatic rings. The fourth-order valence-electron chi connectivity index (χ4n) is 4.44. The highest BCUT2D eigenvalue weighted by Gasteiger charge is 2.50. The Morgan fingerprint density at radius 3 is 1.74 bits per heavy atom. The summed E-state index contributed by atoms with van der Waals surface area (Å²) < 4.78 is 25.0.